The van der Waals surface area contributed by atoms with Crippen molar-refractivity contribution in [1.82, 2.24) is 14.5 Å². The fourth-order valence-corrected chi connectivity index (χ4v) is 5.00. The highest BCUT2D eigenvalue weighted by molar-refractivity contribution is 7.19. The summed E-state index contributed by atoms with van der Waals surface area (Å²) in [6.45, 7) is 2.66. The van der Waals surface area contributed by atoms with Crippen molar-refractivity contribution in [3.63, 3.8) is 0 Å². The van der Waals surface area contributed by atoms with E-state index in [4.69, 9.17) is 0 Å². The first-order chi connectivity index (χ1) is 12.8. The van der Waals surface area contributed by atoms with E-state index >= 15 is 0 Å². The number of hydrogen-bond donors (Lipinski definition) is 1. The molecule has 130 valence electrons. The maximum Gasteiger partial charge on any atom is 0.220 e. The van der Waals surface area contributed by atoms with E-state index in [0.29, 0.717) is 18.1 Å². The molecule has 0 radical (unpaired) electrons. The van der Waals surface area contributed by atoms with Gasteiger partial charge >= 0.3 is 0 Å². The third kappa shape index (κ3) is 2.17. The number of azo groups is 1. The van der Waals surface area contributed by atoms with Gasteiger partial charge in [0.2, 0.25) is 5.88 Å². The van der Waals surface area contributed by atoms with E-state index in [1.54, 1.807) is 11.3 Å². The Balaban J connectivity index is 1.67. The van der Waals surface area contributed by atoms with Crippen LogP contribution in [-0.2, 0) is 19.4 Å². The maximum atomic E-state index is 10.6. The average molecular weight is 363 g/mol. The van der Waals surface area contributed by atoms with Crippen molar-refractivity contribution < 1.29 is 5.11 Å². The molecule has 3 heterocycles. The monoisotopic (exact) mass is 363 g/mol. The van der Waals surface area contributed by atoms with Gasteiger partial charge in [-0.15, -0.1) is 21.6 Å². The minimum absolute atomic E-state index is 0.137. The van der Waals surface area contributed by atoms with Gasteiger partial charge < -0.3 is 9.67 Å². The van der Waals surface area contributed by atoms with Crippen molar-refractivity contribution in [3.05, 3.63) is 41.0 Å². The van der Waals surface area contributed by atoms with E-state index in [-0.39, 0.29) is 5.88 Å². The number of benzene rings is 1. The molecule has 5 rings (SSSR count). The van der Waals surface area contributed by atoms with Crippen LogP contribution in [0.15, 0.2) is 40.8 Å². The zero-order valence-electron chi connectivity index (χ0n) is 14.3. The Morgan fingerprint density at radius 1 is 1.19 bits per heavy atom. The van der Waals surface area contributed by atoms with E-state index in [0.717, 1.165) is 34.0 Å². The fraction of sp³-hybridized carbons (Fsp3) is 0.263. The molecule has 1 aliphatic rings. The van der Waals surface area contributed by atoms with E-state index < -0.39 is 0 Å². The Labute approximate surface area is 153 Å². The minimum atomic E-state index is 0.137. The number of nitrogens with zero attached hydrogens (tertiary/aromatic N) is 5. The molecule has 7 heteroatoms. The van der Waals surface area contributed by atoms with Gasteiger partial charge in [-0.3, -0.25) is 0 Å². The predicted octanol–water partition coefficient (Wildman–Crippen LogP) is 5.28. The molecule has 0 amide bonds. The van der Waals surface area contributed by atoms with Crippen LogP contribution in [-0.4, -0.2) is 19.6 Å². The first-order valence-corrected chi connectivity index (χ1v) is 9.56. The molecule has 26 heavy (non-hydrogen) atoms. The highest BCUT2D eigenvalue weighted by Gasteiger charge is 2.21. The van der Waals surface area contributed by atoms with Gasteiger partial charge in [-0.05, 0) is 37.8 Å². The molecule has 3 aromatic heterocycles. The lowest BCUT2D eigenvalue weighted by atomic mass is 10.2. The molecule has 0 unspecified atom stereocenters. The van der Waals surface area contributed by atoms with Crippen LogP contribution in [0, 0.1) is 0 Å². The quantitative estimate of drug-likeness (QED) is 0.503. The zero-order valence-corrected chi connectivity index (χ0v) is 15.1. The standard InChI is InChI=1S/C19H17N5OS/c1-2-24-13-8-4-3-6-11(13)16(19(24)25)22-23-17-15-12-7-5-9-14(12)26-18(15)21-10-20-17/h3-4,6,8,10,25H,2,5,7,9H2,1H3. The van der Waals surface area contributed by atoms with Crippen LogP contribution in [0.5, 0.6) is 5.88 Å². The number of aryl methyl sites for hydroxylation is 3. The molecule has 0 spiro atoms. The molecule has 0 bridgehead atoms. The molecular weight excluding hydrogens is 346 g/mol. The second kappa shape index (κ2) is 5.88. The Bertz CT molecular complexity index is 1170. The molecule has 6 nitrogen and oxygen atoms in total. The summed E-state index contributed by atoms with van der Waals surface area (Å²) in [6, 6.07) is 7.83. The van der Waals surface area contributed by atoms with Crippen molar-refractivity contribution in [1.29, 1.82) is 0 Å². The second-order valence-corrected chi connectivity index (χ2v) is 7.45. The van der Waals surface area contributed by atoms with Crippen molar-refractivity contribution >= 4 is 44.0 Å². The molecular formula is C19H17N5OS. The number of para-hydroxylation sites is 1. The number of thiophene rings is 1. The van der Waals surface area contributed by atoms with Crippen LogP contribution in [0.2, 0.25) is 0 Å². The van der Waals surface area contributed by atoms with E-state index in [1.165, 1.54) is 23.2 Å². The lowest BCUT2D eigenvalue weighted by Crippen LogP contribution is -1.91. The van der Waals surface area contributed by atoms with E-state index in [9.17, 15) is 5.11 Å². The molecule has 0 saturated heterocycles. The summed E-state index contributed by atoms with van der Waals surface area (Å²) in [5.74, 6) is 0.723. The van der Waals surface area contributed by atoms with Gasteiger partial charge in [-0.2, -0.15) is 0 Å². The third-order valence-corrected chi connectivity index (χ3v) is 6.16. The normalized spacial score (nSPS) is 14.0. The van der Waals surface area contributed by atoms with Crippen LogP contribution >= 0.6 is 11.3 Å². The zero-order chi connectivity index (χ0) is 17.7. The topological polar surface area (TPSA) is 75.7 Å². The summed E-state index contributed by atoms with van der Waals surface area (Å²) in [5.41, 5.74) is 2.76. The van der Waals surface area contributed by atoms with Crippen LogP contribution in [0.1, 0.15) is 23.8 Å². The average Bonchev–Trinajstić information content (AvgIpc) is 3.31. The molecule has 1 aliphatic carbocycles. The molecule has 4 aromatic rings. The van der Waals surface area contributed by atoms with Crippen LogP contribution in [0.25, 0.3) is 21.1 Å². The molecule has 1 aromatic carbocycles. The van der Waals surface area contributed by atoms with Gasteiger partial charge in [-0.25, -0.2) is 9.97 Å². The number of hydrogen-bond acceptors (Lipinski definition) is 6. The molecule has 0 aliphatic heterocycles. The highest BCUT2D eigenvalue weighted by atomic mass is 32.1. The smallest absolute Gasteiger partial charge is 0.220 e. The van der Waals surface area contributed by atoms with Crippen LogP contribution in [0.4, 0.5) is 11.5 Å². The third-order valence-electron chi connectivity index (χ3n) is 4.96. The molecule has 0 atom stereocenters. The molecule has 0 fully saturated rings. The first-order valence-electron chi connectivity index (χ1n) is 8.75. The Hall–Kier alpha value is -2.80. The minimum Gasteiger partial charge on any atom is -0.493 e. The fourth-order valence-electron chi connectivity index (χ4n) is 3.78. The second-order valence-electron chi connectivity index (χ2n) is 6.37. The Kier molecular flexibility index (Phi) is 3.49. The van der Waals surface area contributed by atoms with Crippen molar-refractivity contribution in [2.24, 2.45) is 10.2 Å². The molecule has 1 N–H and O–H groups in total. The highest BCUT2D eigenvalue weighted by Crippen LogP contribution is 2.42. The predicted molar refractivity (Wildman–Crippen MR) is 103 cm³/mol. The van der Waals surface area contributed by atoms with Crippen molar-refractivity contribution in [2.45, 2.75) is 32.7 Å². The van der Waals surface area contributed by atoms with Gasteiger partial charge in [0.25, 0.3) is 0 Å². The summed E-state index contributed by atoms with van der Waals surface area (Å²) in [4.78, 5) is 11.1. The molecule has 0 saturated carbocycles. The summed E-state index contributed by atoms with van der Waals surface area (Å²) >= 11 is 1.73. The van der Waals surface area contributed by atoms with Crippen LogP contribution in [0.3, 0.4) is 0 Å². The van der Waals surface area contributed by atoms with Gasteiger partial charge in [0.1, 0.15) is 11.2 Å². The summed E-state index contributed by atoms with van der Waals surface area (Å²) < 4.78 is 1.83. The van der Waals surface area contributed by atoms with Gasteiger partial charge in [-0.1, -0.05) is 18.2 Å². The van der Waals surface area contributed by atoms with Gasteiger partial charge in [0, 0.05) is 16.8 Å². The summed E-state index contributed by atoms with van der Waals surface area (Å²) in [5, 5.41) is 21.3. The van der Waals surface area contributed by atoms with Gasteiger partial charge in [0.05, 0.1) is 10.9 Å². The van der Waals surface area contributed by atoms with E-state index in [1.807, 2.05) is 35.8 Å². The lowest BCUT2D eigenvalue weighted by Gasteiger charge is -2.01. The SMILES string of the molecule is CCn1c(O)c(N=Nc2ncnc3sc4c(c23)CCC4)c2ccccc21. The largest absolute Gasteiger partial charge is 0.493 e. The number of aromatic nitrogens is 3. The number of fused-ring (bicyclic) bond motifs is 4. The van der Waals surface area contributed by atoms with Gasteiger partial charge in [0.15, 0.2) is 11.5 Å². The van der Waals surface area contributed by atoms with Crippen LogP contribution < -0.4 is 0 Å². The lowest BCUT2D eigenvalue weighted by molar-refractivity contribution is 0.427. The first kappa shape index (κ1) is 15.5. The summed E-state index contributed by atoms with van der Waals surface area (Å²) in [7, 11) is 0. The van der Waals surface area contributed by atoms with E-state index in [2.05, 4.69) is 20.2 Å². The Morgan fingerprint density at radius 2 is 2.08 bits per heavy atom. The summed E-state index contributed by atoms with van der Waals surface area (Å²) in [6.07, 6.45) is 4.87. The van der Waals surface area contributed by atoms with Crippen molar-refractivity contribution in [3.8, 4) is 5.88 Å². The number of aromatic hydroxyl groups is 1. The maximum absolute atomic E-state index is 10.6. The van der Waals surface area contributed by atoms with Crippen molar-refractivity contribution in [2.75, 3.05) is 0 Å². The Morgan fingerprint density at radius 3 is 2.96 bits per heavy atom. The number of rotatable bonds is 3.